The van der Waals surface area contributed by atoms with Crippen LogP contribution >= 0.6 is 39.1 Å². The summed E-state index contributed by atoms with van der Waals surface area (Å²) in [5, 5.41) is -0.679. The van der Waals surface area contributed by atoms with Gasteiger partial charge in [-0.2, -0.15) is 0 Å². The van der Waals surface area contributed by atoms with E-state index in [1.807, 2.05) is 0 Å². The van der Waals surface area contributed by atoms with Crippen LogP contribution in [0.25, 0.3) is 0 Å². The summed E-state index contributed by atoms with van der Waals surface area (Å²) in [5.74, 6) is -1.81. The molecule has 0 bridgehead atoms. The zero-order chi connectivity index (χ0) is 12.3. The van der Waals surface area contributed by atoms with Gasteiger partial charge < -0.3 is 4.74 Å². The molecule has 0 fully saturated rings. The molecule has 1 atom stereocenters. The molecule has 0 heterocycles. The molecule has 1 aromatic carbocycles. The predicted octanol–water partition coefficient (Wildman–Crippen LogP) is 3.12. The standard InChI is InChI=1S/C10H7BrCl2O3/c1-16-10(15)9(14)8(13)6-4-5(12)2-3-7(6)11/h2-4,8H,1H3. The first-order valence-corrected chi connectivity index (χ1v) is 5.79. The smallest absolute Gasteiger partial charge is 0.376 e. The summed E-state index contributed by atoms with van der Waals surface area (Å²) < 4.78 is 4.91. The quantitative estimate of drug-likeness (QED) is 0.487. The molecule has 0 saturated heterocycles. The fraction of sp³-hybridized carbons (Fsp3) is 0.200. The van der Waals surface area contributed by atoms with Gasteiger partial charge in [0.25, 0.3) is 5.78 Å². The minimum Gasteiger partial charge on any atom is -0.463 e. The number of alkyl halides is 1. The lowest BCUT2D eigenvalue weighted by Crippen LogP contribution is -2.20. The van der Waals surface area contributed by atoms with Crippen LogP contribution in [0.1, 0.15) is 10.9 Å². The molecular weight excluding hydrogens is 319 g/mol. The molecule has 6 heteroatoms. The van der Waals surface area contributed by atoms with Crippen molar-refractivity contribution >= 4 is 50.9 Å². The second-order valence-electron chi connectivity index (χ2n) is 2.88. The van der Waals surface area contributed by atoms with E-state index >= 15 is 0 Å². The maximum atomic E-state index is 11.5. The monoisotopic (exact) mass is 324 g/mol. The van der Waals surface area contributed by atoms with Gasteiger partial charge in [-0.05, 0) is 23.8 Å². The van der Waals surface area contributed by atoms with E-state index < -0.39 is 17.1 Å². The van der Waals surface area contributed by atoms with E-state index in [1.165, 1.54) is 6.07 Å². The number of Topliss-reactive ketones (excluding diaryl/α,β-unsaturated/α-hetero) is 1. The molecule has 0 saturated carbocycles. The SMILES string of the molecule is COC(=O)C(=O)C(Cl)c1cc(Cl)ccc1Br. The second kappa shape index (κ2) is 5.66. The molecule has 86 valence electrons. The predicted molar refractivity (Wildman–Crippen MR) is 64.8 cm³/mol. The van der Waals surface area contributed by atoms with Crippen LogP contribution in [0.3, 0.4) is 0 Å². The molecule has 0 aromatic heterocycles. The normalized spacial score (nSPS) is 12.0. The number of carbonyl (C=O) groups is 2. The van der Waals surface area contributed by atoms with E-state index in [2.05, 4.69) is 20.7 Å². The van der Waals surface area contributed by atoms with Crippen molar-refractivity contribution in [2.45, 2.75) is 5.38 Å². The van der Waals surface area contributed by atoms with Crippen molar-refractivity contribution in [3.8, 4) is 0 Å². The maximum absolute atomic E-state index is 11.5. The highest BCUT2D eigenvalue weighted by Crippen LogP contribution is 2.31. The Hall–Kier alpha value is -0.580. The third kappa shape index (κ3) is 2.97. The average Bonchev–Trinajstić information content (AvgIpc) is 2.29. The number of halogens is 3. The van der Waals surface area contributed by atoms with Gasteiger partial charge in [0, 0.05) is 9.50 Å². The molecule has 0 amide bonds. The van der Waals surface area contributed by atoms with Gasteiger partial charge in [-0.1, -0.05) is 27.5 Å². The van der Waals surface area contributed by atoms with E-state index in [0.29, 0.717) is 15.1 Å². The molecule has 3 nitrogen and oxygen atoms in total. The van der Waals surface area contributed by atoms with Crippen molar-refractivity contribution in [2.75, 3.05) is 7.11 Å². The number of hydrogen-bond donors (Lipinski definition) is 0. The van der Waals surface area contributed by atoms with E-state index in [-0.39, 0.29) is 0 Å². The van der Waals surface area contributed by atoms with E-state index in [4.69, 9.17) is 23.2 Å². The number of benzene rings is 1. The molecule has 16 heavy (non-hydrogen) atoms. The van der Waals surface area contributed by atoms with Crippen molar-refractivity contribution in [1.82, 2.24) is 0 Å². The van der Waals surface area contributed by atoms with Crippen LogP contribution in [-0.2, 0) is 14.3 Å². The Morgan fingerprint density at radius 3 is 2.62 bits per heavy atom. The first-order chi connectivity index (χ1) is 7.47. The molecule has 0 radical (unpaired) electrons. The molecular formula is C10H7BrCl2O3. The Balaban J connectivity index is 3.04. The lowest BCUT2D eigenvalue weighted by atomic mass is 10.1. The van der Waals surface area contributed by atoms with E-state index in [9.17, 15) is 9.59 Å². The topological polar surface area (TPSA) is 43.4 Å². The third-order valence-electron chi connectivity index (χ3n) is 1.85. The van der Waals surface area contributed by atoms with Crippen LogP contribution in [0.2, 0.25) is 5.02 Å². The van der Waals surface area contributed by atoms with E-state index in [0.717, 1.165) is 7.11 Å². The largest absolute Gasteiger partial charge is 0.463 e. The molecule has 0 spiro atoms. The number of methoxy groups -OCH3 is 1. The molecule has 0 aliphatic carbocycles. The fourth-order valence-corrected chi connectivity index (χ4v) is 2.11. The lowest BCUT2D eigenvalue weighted by Gasteiger charge is -2.09. The number of ketones is 1. The number of ether oxygens (including phenoxy) is 1. The van der Waals surface area contributed by atoms with E-state index in [1.54, 1.807) is 12.1 Å². The molecule has 0 N–H and O–H groups in total. The van der Waals surface area contributed by atoms with Crippen LogP contribution in [-0.4, -0.2) is 18.9 Å². The number of carbonyl (C=O) groups excluding carboxylic acids is 2. The molecule has 0 aliphatic rings. The van der Waals surface area contributed by atoms with Gasteiger partial charge in [-0.15, -0.1) is 11.6 Å². The fourth-order valence-electron chi connectivity index (χ4n) is 1.05. The van der Waals surface area contributed by atoms with Gasteiger partial charge >= 0.3 is 5.97 Å². The summed E-state index contributed by atoms with van der Waals surface area (Å²) in [6.45, 7) is 0. The lowest BCUT2D eigenvalue weighted by molar-refractivity contribution is -0.151. The van der Waals surface area contributed by atoms with Crippen LogP contribution in [0.15, 0.2) is 22.7 Å². The summed E-state index contributed by atoms with van der Waals surface area (Å²) in [6.07, 6.45) is 0. The first kappa shape index (κ1) is 13.5. The highest BCUT2D eigenvalue weighted by molar-refractivity contribution is 9.10. The number of esters is 1. The molecule has 1 rings (SSSR count). The van der Waals surface area contributed by atoms with Gasteiger partial charge in [-0.3, -0.25) is 4.79 Å². The van der Waals surface area contributed by atoms with Gasteiger partial charge in [0.2, 0.25) is 0 Å². The minimum absolute atomic E-state index is 0.432. The van der Waals surface area contributed by atoms with Crippen LogP contribution in [0.5, 0.6) is 0 Å². The van der Waals surface area contributed by atoms with Crippen molar-refractivity contribution < 1.29 is 14.3 Å². The zero-order valence-electron chi connectivity index (χ0n) is 8.17. The Morgan fingerprint density at radius 2 is 2.06 bits per heavy atom. The minimum atomic E-state index is -1.11. The Kier molecular flexibility index (Phi) is 4.77. The number of hydrogen-bond acceptors (Lipinski definition) is 3. The van der Waals surface area contributed by atoms with Crippen molar-refractivity contribution in [3.63, 3.8) is 0 Å². The Bertz CT molecular complexity index is 434. The highest BCUT2D eigenvalue weighted by Gasteiger charge is 2.27. The summed E-state index contributed by atoms with van der Waals surface area (Å²) in [7, 11) is 1.12. The molecule has 1 unspecified atom stereocenters. The summed E-state index contributed by atoms with van der Waals surface area (Å²) in [5.41, 5.74) is 0.435. The van der Waals surface area contributed by atoms with Crippen molar-refractivity contribution in [2.24, 2.45) is 0 Å². The third-order valence-corrected chi connectivity index (χ3v) is 3.24. The highest BCUT2D eigenvalue weighted by atomic mass is 79.9. The van der Waals surface area contributed by atoms with Gasteiger partial charge in [0.05, 0.1) is 7.11 Å². The second-order valence-corrected chi connectivity index (χ2v) is 4.61. The summed E-state index contributed by atoms with van der Waals surface area (Å²) in [4.78, 5) is 22.5. The first-order valence-electron chi connectivity index (χ1n) is 4.18. The van der Waals surface area contributed by atoms with Gasteiger partial charge in [0.15, 0.2) is 0 Å². The maximum Gasteiger partial charge on any atom is 0.376 e. The molecule has 1 aromatic rings. The Labute approximate surface area is 111 Å². The van der Waals surface area contributed by atoms with Gasteiger partial charge in [-0.25, -0.2) is 4.79 Å². The van der Waals surface area contributed by atoms with Crippen LogP contribution in [0.4, 0.5) is 0 Å². The van der Waals surface area contributed by atoms with Crippen molar-refractivity contribution in [1.29, 1.82) is 0 Å². The summed E-state index contributed by atoms with van der Waals surface area (Å²) >= 11 is 14.9. The molecule has 0 aliphatic heterocycles. The Morgan fingerprint density at radius 1 is 1.44 bits per heavy atom. The van der Waals surface area contributed by atoms with Crippen LogP contribution in [0, 0.1) is 0 Å². The van der Waals surface area contributed by atoms with Gasteiger partial charge in [0.1, 0.15) is 5.38 Å². The average molecular weight is 326 g/mol. The van der Waals surface area contributed by atoms with Crippen LogP contribution < -0.4 is 0 Å². The van der Waals surface area contributed by atoms with Crippen molar-refractivity contribution in [3.05, 3.63) is 33.3 Å². The number of rotatable bonds is 3. The summed E-state index contributed by atoms with van der Waals surface area (Å²) in [6, 6.07) is 4.81. The zero-order valence-corrected chi connectivity index (χ0v) is 11.3.